The Balaban J connectivity index is 1.68. The lowest BCUT2D eigenvalue weighted by atomic mass is 9.61. The molecule has 0 aromatic heterocycles. The van der Waals surface area contributed by atoms with E-state index in [-0.39, 0.29) is 23.0 Å². The fourth-order valence-electron chi connectivity index (χ4n) is 6.33. The lowest BCUT2D eigenvalue weighted by Crippen LogP contribution is -2.50. The lowest BCUT2D eigenvalue weighted by Gasteiger charge is -2.50. The third-order valence-corrected chi connectivity index (χ3v) is 13.5. The van der Waals surface area contributed by atoms with Crippen molar-refractivity contribution in [2.24, 2.45) is 29.1 Å². The van der Waals surface area contributed by atoms with Crippen LogP contribution >= 0.6 is 0 Å². The minimum absolute atomic E-state index is 0.00760. The minimum Gasteiger partial charge on any atom is -0.462 e. The van der Waals surface area contributed by atoms with Crippen LogP contribution in [0.1, 0.15) is 86.5 Å². The maximum Gasteiger partial charge on any atom is 0.309 e. The Morgan fingerprint density at radius 3 is 2.50 bits per heavy atom. The maximum atomic E-state index is 11.8. The summed E-state index contributed by atoms with van der Waals surface area (Å²) in [5.41, 5.74) is 0.388. The van der Waals surface area contributed by atoms with E-state index in [2.05, 4.69) is 47.7 Å². The predicted molar refractivity (Wildman–Crippen MR) is 118 cm³/mol. The summed E-state index contributed by atoms with van der Waals surface area (Å²) in [6.07, 6.45) is 9.04. The van der Waals surface area contributed by atoms with E-state index in [0.717, 1.165) is 18.8 Å². The number of hydrogen-bond donors (Lipinski definition) is 0. The molecule has 2 saturated carbocycles. The highest BCUT2D eigenvalue weighted by molar-refractivity contribution is 6.74. The van der Waals surface area contributed by atoms with E-state index in [1.165, 1.54) is 32.1 Å². The van der Waals surface area contributed by atoms with Gasteiger partial charge in [0.25, 0.3) is 0 Å². The van der Waals surface area contributed by atoms with Crippen LogP contribution in [-0.4, -0.2) is 26.5 Å². The summed E-state index contributed by atoms with van der Waals surface area (Å²) < 4.78 is 12.6. The molecular formula is C24H44O3Si. The van der Waals surface area contributed by atoms with Gasteiger partial charge in [-0.05, 0) is 79.8 Å². The molecule has 0 spiro atoms. The molecule has 3 aliphatic rings. The van der Waals surface area contributed by atoms with Crippen molar-refractivity contribution >= 4 is 14.3 Å². The maximum absolute atomic E-state index is 11.8. The van der Waals surface area contributed by atoms with Gasteiger partial charge in [-0.1, -0.05) is 48.0 Å². The number of cyclic esters (lactones) is 1. The first-order chi connectivity index (χ1) is 12.8. The summed E-state index contributed by atoms with van der Waals surface area (Å²) in [4.78, 5) is 11.8. The second-order valence-electron chi connectivity index (χ2n) is 12.0. The molecule has 0 bridgehead atoms. The van der Waals surface area contributed by atoms with Crippen LogP contribution in [0.2, 0.25) is 18.1 Å². The molecule has 0 N–H and O–H groups in total. The lowest BCUT2D eigenvalue weighted by molar-refractivity contribution is -0.144. The summed E-state index contributed by atoms with van der Waals surface area (Å²) in [7, 11) is -1.74. The van der Waals surface area contributed by atoms with Gasteiger partial charge < -0.3 is 9.16 Å². The highest BCUT2D eigenvalue weighted by Crippen LogP contribution is 2.59. The number of ether oxygens (including phenoxy) is 1. The predicted octanol–water partition coefficient (Wildman–Crippen LogP) is 6.57. The molecule has 162 valence electrons. The molecule has 7 atom stereocenters. The SMILES string of the molecule is C[C@H](C[C@H]1C[C@H](C)C(=O)O1)[C@H]1CCC2C(O[Si](C)(C)C(C)(C)C)CCC[C@@]21C. The van der Waals surface area contributed by atoms with Gasteiger partial charge in [0.2, 0.25) is 0 Å². The van der Waals surface area contributed by atoms with E-state index in [1.807, 2.05) is 6.92 Å². The summed E-state index contributed by atoms with van der Waals surface area (Å²) in [6.45, 7) is 18.8. The Hall–Kier alpha value is -0.353. The van der Waals surface area contributed by atoms with Gasteiger partial charge in [0.15, 0.2) is 8.32 Å². The van der Waals surface area contributed by atoms with Crippen molar-refractivity contribution in [3.63, 3.8) is 0 Å². The van der Waals surface area contributed by atoms with Gasteiger partial charge in [0.1, 0.15) is 6.10 Å². The zero-order valence-electron chi connectivity index (χ0n) is 19.6. The molecule has 1 saturated heterocycles. The number of hydrogen-bond acceptors (Lipinski definition) is 3. The van der Waals surface area contributed by atoms with Crippen molar-refractivity contribution in [3.05, 3.63) is 0 Å². The molecule has 1 heterocycles. The van der Waals surface area contributed by atoms with Gasteiger partial charge in [-0.3, -0.25) is 4.79 Å². The third-order valence-electron chi connectivity index (χ3n) is 9.01. The van der Waals surface area contributed by atoms with Crippen molar-refractivity contribution in [1.29, 1.82) is 0 Å². The van der Waals surface area contributed by atoms with Gasteiger partial charge in [-0.25, -0.2) is 0 Å². The van der Waals surface area contributed by atoms with Gasteiger partial charge >= 0.3 is 5.97 Å². The number of rotatable bonds is 5. The van der Waals surface area contributed by atoms with E-state index in [0.29, 0.717) is 23.4 Å². The first-order valence-corrected chi connectivity index (χ1v) is 14.6. The van der Waals surface area contributed by atoms with Crippen molar-refractivity contribution in [3.8, 4) is 0 Å². The molecule has 3 fully saturated rings. The van der Waals surface area contributed by atoms with Crippen molar-refractivity contribution in [2.75, 3.05) is 0 Å². The van der Waals surface area contributed by atoms with Crippen LogP contribution in [0.3, 0.4) is 0 Å². The minimum atomic E-state index is -1.74. The number of esters is 1. The number of carbonyl (C=O) groups excluding carboxylic acids is 1. The van der Waals surface area contributed by atoms with Crippen LogP contribution < -0.4 is 0 Å². The summed E-state index contributed by atoms with van der Waals surface area (Å²) >= 11 is 0. The third kappa shape index (κ3) is 4.10. The van der Waals surface area contributed by atoms with Crippen LogP contribution in [0.4, 0.5) is 0 Å². The highest BCUT2D eigenvalue weighted by atomic mass is 28.4. The molecule has 3 nitrogen and oxygen atoms in total. The summed E-state index contributed by atoms with van der Waals surface area (Å²) in [5.74, 6) is 2.14. The molecule has 2 aliphatic carbocycles. The second kappa shape index (κ2) is 7.72. The molecule has 28 heavy (non-hydrogen) atoms. The van der Waals surface area contributed by atoms with Crippen molar-refractivity contribution in [1.82, 2.24) is 0 Å². The Morgan fingerprint density at radius 2 is 1.93 bits per heavy atom. The van der Waals surface area contributed by atoms with Gasteiger partial charge in [-0.15, -0.1) is 0 Å². The molecule has 4 heteroatoms. The Morgan fingerprint density at radius 1 is 1.25 bits per heavy atom. The standard InChI is InChI=1S/C24H44O3Si/c1-16(14-18-15-17(2)22(25)26-18)19-11-12-20-21(10-9-13-24(19,20)6)27-28(7,8)23(3,4)5/h16-21H,9-15H2,1-8H3/t16-,17+,18+,19-,20?,21?,24-/m1/s1. The summed E-state index contributed by atoms with van der Waals surface area (Å²) in [6, 6.07) is 0. The second-order valence-corrected chi connectivity index (χ2v) is 16.8. The Kier molecular flexibility index (Phi) is 6.16. The molecule has 0 aromatic rings. The van der Waals surface area contributed by atoms with E-state index in [4.69, 9.17) is 9.16 Å². The van der Waals surface area contributed by atoms with E-state index < -0.39 is 8.32 Å². The topological polar surface area (TPSA) is 35.5 Å². The Labute approximate surface area is 174 Å². The molecule has 0 aromatic carbocycles. The van der Waals surface area contributed by atoms with Crippen LogP contribution in [0.5, 0.6) is 0 Å². The van der Waals surface area contributed by atoms with Crippen molar-refractivity contribution < 1.29 is 14.0 Å². The highest BCUT2D eigenvalue weighted by Gasteiger charge is 2.54. The first-order valence-electron chi connectivity index (χ1n) is 11.7. The van der Waals surface area contributed by atoms with Gasteiger partial charge in [0, 0.05) is 6.10 Å². The molecular weight excluding hydrogens is 364 g/mol. The number of fused-ring (bicyclic) bond motifs is 1. The van der Waals surface area contributed by atoms with E-state index >= 15 is 0 Å². The smallest absolute Gasteiger partial charge is 0.309 e. The quantitative estimate of drug-likeness (QED) is 0.381. The van der Waals surface area contributed by atoms with Crippen molar-refractivity contribution in [2.45, 2.75) is 117 Å². The fraction of sp³-hybridized carbons (Fsp3) is 0.958. The molecule has 2 unspecified atom stereocenters. The number of carbonyl (C=O) groups is 1. The molecule has 1 aliphatic heterocycles. The van der Waals surface area contributed by atoms with Gasteiger partial charge in [-0.2, -0.15) is 0 Å². The monoisotopic (exact) mass is 408 g/mol. The largest absolute Gasteiger partial charge is 0.462 e. The van der Waals surface area contributed by atoms with Crippen LogP contribution in [-0.2, 0) is 14.0 Å². The fourth-order valence-corrected chi connectivity index (χ4v) is 7.73. The van der Waals surface area contributed by atoms with Crippen LogP contribution in [0.15, 0.2) is 0 Å². The first kappa shape index (κ1) is 22.3. The summed E-state index contributed by atoms with van der Waals surface area (Å²) in [5, 5.41) is 0.273. The molecule has 0 amide bonds. The molecule has 3 rings (SSSR count). The Bertz CT molecular complexity index is 581. The average Bonchev–Trinajstić information content (AvgIpc) is 3.06. The zero-order chi connectivity index (χ0) is 20.9. The van der Waals surface area contributed by atoms with Crippen LogP contribution in [0.25, 0.3) is 0 Å². The molecule has 0 radical (unpaired) electrons. The van der Waals surface area contributed by atoms with E-state index in [9.17, 15) is 4.79 Å². The zero-order valence-corrected chi connectivity index (χ0v) is 20.6. The van der Waals surface area contributed by atoms with Gasteiger partial charge in [0.05, 0.1) is 5.92 Å². The normalized spacial score (nSPS) is 40.3. The van der Waals surface area contributed by atoms with Crippen LogP contribution in [0, 0.1) is 29.1 Å². The average molecular weight is 409 g/mol. The van der Waals surface area contributed by atoms with E-state index in [1.54, 1.807) is 0 Å².